The summed E-state index contributed by atoms with van der Waals surface area (Å²) >= 11 is 1.02. The standard InChI is InChI=1S/C17H13FN4O3S/c1-21-9-8-16(20-21)19-17(23)12-10-11(22(24)25)6-7-14(12)26-15-5-3-2-4-13(15)18/h2-10H,1H3,(H,19,20,23). The Morgan fingerprint density at radius 3 is 2.65 bits per heavy atom. The molecule has 0 radical (unpaired) electrons. The number of amides is 1. The van der Waals surface area contributed by atoms with E-state index < -0.39 is 16.6 Å². The highest BCUT2D eigenvalue weighted by atomic mass is 32.2. The van der Waals surface area contributed by atoms with Gasteiger partial charge in [-0.25, -0.2) is 4.39 Å². The predicted molar refractivity (Wildman–Crippen MR) is 94.8 cm³/mol. The Morgan fingerprint density at radius 1 is 1.23 bits per heavy atom. The summed E-state index contributed by atoms with van der Waals surface area (Å²) < 4.78 is 15.4. The van der Waals surface area contributed by atoms with Crippen LogP contribution < -0.4 is 5.32 Å². The van der Waals surface area contributed by atoms with Crippen molar-refractivity contribution < 1.29 is 14.1 Å². The highest BCUT2D eigenvalue weighted by Gasteiger charge is 2.19. The van der Waals surface area contributed by atoms with E-state index >= 15 is 0 Å². The van der Waals surface area contributed by atoms with E-state index in [9.17, 15) is 19.3 Å². The number of hydrogen-bond acceptors (Lipinski definition) is 5. The number of nitro groups is 1. The number of nitrogens with one attached hydrogen (secondary N) is 1. The van der Waals surface area contributed by atoms with Crippen molar-refractivity contribution in [1.82, 2.24) is 9.78 Å². The Kier molecular flexibility index (Phi) is 4.99. The summed E-state index contributed by atoms with van der Waals surface area (Å²) in [7, 11) is 1.70. The molecule has 0 bridgehead atoms. The van der Waals surface area contributed by atoms with Crippen LogP contribution in [-0.4, -0.2) is 20.6 Å². The van der Waals surface area contributed by atoms with Crippen molar-refractivity contribution in [2.24, 2.45) is 7.05 Å². The molecule has 9 heteroatoms. The normalized spacial score (nSPS) is 10.5. The van der Waals surface area contributed by atoms with E-state index in [1.165, 1.54) is 28.9 Å². The molecule has 0 aliphatic heterocycles. The highest BCUT2D eigenvalue weighted by molar-refractivity contribution is 7.99. The second kappa shape index (κ2) is 7.36. The van der Waals surface area contributed by atoms with Crippen molar-refractivity contribution >= 4 is 29.2 Å². The molecule has 1 amide bonds. The summed E-state index contributed by atoms with van der Waals surface area (Å²) in [6, 6.07) is 11.6. The average Bonchev–Trinajstić information content (AvgIpc) is 3.01. The SMILES string of the molecule is Cn1ccc(NC(=O)c2cc([N+](=O)[O-])ccc2Sc2ccccc2F)n1. The van der Waals surface area contributed by atoms with E-state index in [1.54, 1.807) is 37.5 Å². The van der Waals surface area contributed by atoms with Crippen LogP contribution in [0.1, 0.15) is 10.4 Å². The molecule has 1 N–H and O–H groups in total. The fourth-order valence-corrected chi connectivity index (χ4v) is 3.16. The third-order valence-corrected chi connectivity index (χ3v) is 4.56. The molecule has 1 heterocycles. The second-order valence-electron chi connectivity index (χ2n) is 5.30. The summed E-state index contributed by atoms with van der Waals surface area (Å²) in [5, 5.41) is 17.7. The van der Waals surface area contributed by atoms with E-state index in [0.29, 0.717) is 15.6 Å². The summed E-state index contributed by atoms with van der Waals surface area (Å²) in [6.45, 7) is 0. The summed E-state index contributed by atoms with van der Waals surface area (Å²) in [6.07, 6.45) is 1.65. The van der Waals surface area contributed by atoms with Crippen molar-refractivity contribution in [1.29, 1.82) is 0 Å². The maximum atomic E-state index is 13.9. The van der Waals surface area contributed by atoms with Gasteiger partial charge in [0, 0.05) is 41.2 Å². The van der Waals surface area contributed by atoms with Gasteiger partial charge in [-0.3, -0.25) is 19.6 Å². The average molecular weight is 372 g/mol. The molecule has 132 valence electrons. The predicted octanol–water partition coefficient (Wildman–Crippen LogP) is 3.87. The number of anilines is 1. The lowest BCUT2D eigenvalue weighted by Gasteiger charge is -2.09. The molecule has 26 heavy (non-hydrogen) atoms. The number of carbonyl (C=O) groups excluding carboxylic acids is 1. The summed E-state index contributed by atoms with van der Waals surface area (Å²) in [4.78, 5) is 23.8. The van der Waals surface area contributed by atoms with E-state index in [-0.39, 0.29) is 11.3 Å². The van der Waals surface area contributed by atoms with Gasteiger partial charge in [0.15, 0.2) is 5.82 Å². The van der Waals surface area contributed by atoms with Gasteiger partial charge in [0.25, 0.3) is 11.6 Å². The molecule has 1 aromatic heterocycles. The Balaban J connectivity index is 1.97. The molecular formula is C17H13FN4O3S. The molecule has 3 aromatic rings. The number of non-ortho nitro benzene ring substituents is 1. The zero-order valence-electron chi connectivity index (χ0n) is 13.5. The van der Waals surface area contributed by atoms with Gasteiger partial charge in [-0.05, 0) is 18.2 Å². The molecule has 0 saturated heterocycles. The number of aromatic nitrogens is 2. The van der Waals surface area contributed by atoms with Gasteiger partial charge < -0.3 is 5.32 Å². The van der Waals surface area contributed by atoms with Gasteiger partial charge in [0.1, 0.15) is 5.82 Å². The third kappa shape index (κ3) is 3.89. The topological polar surface area (TPSA) is 90.1 Å². The molecule has 0 saturated carbocycles. The number of benzene rings is 2. The van der Waals surface area contributed by atoms with Gasteiger partial charge in [-0.1, -0.05) is 23.9 Å². The second-order valence-corrected chi connectivity index (χ2v) is 6.38. The van der Waals surface area contributed by atoms with Gasteiger partial charge in [0.2, 0.25) is 0 Å². The van der Waals surface area contributed by atoms with Crippen LogP contribution in [0.5, 0.6) is 0 Å². The Labute approximate surface area is 152 Å². The molecule has 0 fully saturated rings. The van der Waals surface area contributed by atoms with Crippen molar-refractivity contribution in [3.63, 3.8) is 0 Å². The summed E-state index contributed by atoms with van der Waals surface area (Å²) in [5.41, 5.74) is -0.160. The Morgan fingerprint density at radius 2 is 2.00 bits per heavy atom. The number of nitrogens with zero attached hydrogens (tertiary/aromatic N) is 3. The zero-order chi connectivity index (χ0) is 18.7. The van der Waals surface area contributed by atoms with Crippen LogP contribution in [0.3, 0.4) is 0 Å². The molecule has 7 nitrogen and oxygen atoms in total. The lowest BCUT2D eigenvalue weighted by atomic mass is 10.2. The smallest absolute Gasteiger partial charge is 0.270 e. The minimum Gasteiger partial charge on any atom is -0.305 e. The zero-order valence-corrected chi connectivity index (χ0v) is 14.4. The van der Waals surface area contributed by atoms with E-state index in [2.05, 4.69) is 10.4 Å². The molecule has 3 rings (SSSR count). The van der Waals surface area contributed by atoms with E-state index in [0.717, 1.165) is 11.8 Å². The maximum absolute atomic E-state index is 13.9. The maximum Gasteiger partial charge on any atom is 0.270 e. The molecule has 2 aromatic carbocycles. The fraction of sp³-hybridized carbons (Fsp3) is 0.0588. The summed E-state index contributed by atoms with van der Waals surface area (Å²) in [5.74, 6) is -0.691. The van der Waals surface area contributed by atoms with Crippen LogP contribution in [0.15, 0.2) is 64.5 Å². The van der Waals surface area contributed by atoms with Crippen molar-refractivity contribution in [3.05, 3.63) is 76.2 Å². The van der Waals surface area contributed by atoms with Crippen LogP contribution in [0.2, 0.25) is 0 Å². The van der Waals surface area contributed by atoms with Crippen molar-refractivity contribution in [2.75, 3.05) is 5.32 Å². The van der Waals surface area contributed by atoms with Crippen molar-refractivity contribution in [3.8, 4) is 0 Å². The number of hydrogen-bond donors (Lipinski definition) is 1. The van der Waals surface area contributed by atoms with Gasteiger partial charge in [0.05, 0.1) is 10.5 Å². The molecule has 0 spiro atoms. The molecule has 0 aliphatic carbocycles. The van der Waals surface area contributed by atoms with Crippen LogP contribution in [0, 0.1) is 15.9 Å². The molecular weight excluding hydrogens is 359 g/mol. The molecule has 0 unspecified atom stereocenters. The number of halogens is 1. The fourth-order valence-electron chi connectivity index (χ4n) is 2.21. The van der Waals surface area contributed by atoms with Gasteiger partial charge in [-0.15, -0.1) is 0 Å². The largest absolute Gasteiger partial charge is 0.305 e. The Bertz CT molecular complexity index is 990. The highest BCUT2D eigenvalue weighted by Crippen LogP contribution is 2.34. The first-order valence-corrected chi connectivity index (χ1v) is 8.27. The van der Waals surface area contributed by atoms with Crippen LogP contribution in [-0.2, 0) is 7.05 Å². The molecule has 0 atom stereocenters. The first kappa shape index (κ1) is 17.6. The lowest BCUT2D eigenvalue weighted by molar-refractivity contribution is -0.384. The van der Waals surface area contributed by atoms with Gasteiger partial charge in [-0.2, -0.15) is 5.10 Å². The minimum absolute atomic E-state index is 0.0677. The van der Waals surface area contributed by atoms with E-state index in [1.807, 2.05) is 0 Å². The first-order chi connectivity index (χ1) is 12.4. The van der Waals surface area contributed by atoms with Crippen LogP contribution in [0.25, 0.3) is 0 Å². The first-order valence-electron chi connectivity index (χ1n) is 7.46. The number of carbonyl (C=O) groups is 1. The quantitative estimate of drug-likeness (QED) is 0.542. The number of nitro benzene ring substituents is 1. The number of aryl methyl sites for hydroxylation is 1. The van der Waals surface area contributed by atoms with Crippen LogP contribution in [0.4, 0.5) is 15.9 Å². The Hall–Kier alpha value is -3.20. The third-order valence-electron chi connectivity index (χ3n) is 3.43. The van der Waals surface area contributed by atoms with Gasteiger partial charge >= 0.3 is 0 Å². The minimum atomic E-state index is -0.588. The van der Waals surface area contributed by atoms with Crippen molar-refractivity contribution in [2.45, 2.75) is 9.79 Å². The lowest BCUT2D eigenvalue weighted by Crippen LogP contribution is -2.14. The molecule has 0 aliphatic rings. The monoisotopic (exact) mass is 372 g/mol. The number of rotatable bonds is 5. The van der Waals surface area contributed by atoms with Crippen LogP contribution >= 0.6 is 11.8 Å². The van der Waals surface area contributed by atoms with E-state index in [4.69, 9.17) is 0 Å².